The van der Waals surface area contributed by atoms with E-state index in [4.69, 9.17) is 4.74 Å². The average Bonchev–Trinajstić information content (AvgIpc) is 3.07. The minimum atomic E-state index is -0.529. The van der Waals surface area contributed by atoms with E-state index in [-0.39, 0.29) is 22.7 Å². The van der Waals surface area contributed by atoms with Crippen molar-refractivity contribution in [2.24, 2.45) is 34.5 Å². The van der Waals surface area contributed by atoms with Gasteiger partial charge < -0.3 is 15.4 Å². The number of ether oxygens (including phenoxy) is 1. The molecule has 6 nitrogen and oxygen atoms in total. The third kappa shape index (κ3) is 4.59. The molecule has 0 spiro atoms. The van der Waals surface area contributed by atoms with Crippen molar-refractivity contribution in [2.75, 3.05) is 13.1 Å². The number of rotatable bonds is 4. The van der Waals surface area contributed by atoms with Crippen molar-refractivity contribution >= 4 is 17.8 Å². The van der Waals surface area contributed by atoms with Crippen molar-refractivity contribution < 1.29 is 19.1 Å². The molecule has 6 unspecified atom stereocenters. The molecule has 0 heterocycles. The number of nitrogens with one attached hydrogen (secondary N) is 2. The van der Waals surface area contributed by atoms with Gasteiger partial charge >= 0.3 is 6.09 Å². The van der Waals surface area contributed by atoms with E-state index in [0.29, 0.717) is 43.0 Å². The maximum absolute atomic E-state index is 13.2. The Morgan fingerprint density at radius 1 is 1.06 bits per heavy atom. The number of hydrogen-bond donors (Lipinski definition) is 2. The standard InChI is InChI=1S/C27H42N2O4/c1-25(2,3)33-24(32)29-15-14-28-23(31)22-9-8-20-19-7-6-17-16-18(30)10-12-26(17,4)21(19)11-13-27(20,22)5/h6,19-22H,7-16H2,1-5H3,(H,28,31)(H,29,32). The average molecular weight is 459 g/mol. The highest BCUT2D eigenvalue weighted by atomic mass is 16.6. The van der Waals surface area contributed by atoms with Gasteiger partial charge in [0.05, 0.1) is 0 Å². The lowest BCUT2D eigenvalue weighted by atomic mass is 9.47. The molecule has 2 amide bonds. The fourth-order valence-corrected chi connectivity index (χ4v) is 7.70. The van der Waals surface area contributed by atoms with Crippen LogP contribution in [0.4, 0.5) is 4.79 Å². The number of fused-ring (bicyclic) bond motifs is 5. The second kappa shape index (κ2) is 8.74. The van der Waals surface area contributed by atoms with E-state index in [2.05, 4.69) is 30.6 Å². The van der Waals surface area contributed by atoms with Gasteiger partial charge in [-0.2, -0.15) is 0 Å². The first-order valence-corrected chi connectivity index (χ1v) is 12.9. The maximum atomic E-state index is 13.2. The topological polar surface area (TPSA) is 84.5 Å². The Morgan fingerprint density at radius 2 is 1.79 bits per heavy atom. The van der Waals surface area contributed by atoms with E-state index < -0.39 is 11.7 Å². The Balaban J connectivity index is 1.35. The van der Waals surface area contributed by atoms with Crippen molar-refractivity contribution in [3.63, 3.8) is 0 Å². The lowest BCUT2D eigenvalue weighted by Crippen LogP contribution is -2.51. The van der Waals surface area contributed by atoms with Gasteiger partial charge in [-0.15, -0.1) is 0 Å². The molecule has 6 atom stereocenters. The van der Waals surface area contributed by atoms with Crippen molar-refractivity contribution in [3.05, 3.63) is 11.6 Å². The smallest absolute Gasteiger partial charge is 0.407 e. The van der Waals surface area contributed by atoms with E-state index in [0.717, 1.165) is 44.9 Å². The van der Waals surface area contributed by atoms with Crippen molar-refractivity contribution in [1.82, 2.24) is 10.6 Å². The number of amides is 2. The number of Topliss-reactive ketones (excluding diaryl/α,β-unsaturated/α-hetero) is 1. The van der Waals surface area contributed by atoms with E-state index in [1.807, 2.05) is 20.8 Å². The van der Waals surface area contributed by atoms with Crippen LogP contribution < -0.4 is 10.6 Å². The van der Waals surface area contributed by atoms with Crippen LogP contribution in [0.15, 0.2) is 11.6 Å². The van der Waals surface area contributed by atoms with E-state index in [1.54, 1.807) is 0 Å². The number of alkyl carbamates (subject to hydrolysis) is 1. The fraction of sp³-hybridized carbons (Fsp3) is 0.815. The Kier molecular flexibility index (Phi) is 6.43. The lowest BCUT2D eigenvalue weighted by Gasteiger charge is -2.57. The molecular formula is C27H42N2O4. The fourth-order valence-electron chi connectivity index (χ4n) is 7.70. The van der Waals surface area contributed by atoms with Crippen LogP contribution >= 0.6 is 0 Å². The molecule has 33 heavy (non-hydrogen) atoms. The van der Waals surface area contributed by atoms with Crippen LogP contribution in [0.5, 0.6) is 0 Å². The number of allylic oxidation sites excluding steroid dienone is 2. The molecule has 0 aromatic carbocycles. The summed E-state index contributed by atoms with van der Waals surface area (Å²) >= 11 is 0. The van der Waals surface area contributed by atoms with Gasteiger partial charge in [0, 0.05) is 31.8 Å². The van der Waals surface area contributed by atoms with Crippen LogP contribution in [0.3, 0.4) is 0 Å². The van der Waals surface area contributed by atoms with Crippen LogP contribution in [-0.2, 0) is 14.3 Å². The van der Waals surface area contributed by atoms with Crippen molar-refractivity contribution in [1.29, 1.82) is 0 Å². The van der Waals surface area contributed by atoms with Crippen LogP contribution in [0.1, 0.15) is 86.0 Å². The maximum Gasteiger partial charge on any atom is 0.407 e. The van der Waals surface area contributed by atoms with Crippen molar-refractivity contribution in [3.8, 4) is 0 Å². The molecule has 0 saturated heterocycles. The number of carbonyl (C=O) groups excluding carboxylic acids is 3. The van der Waals surface area contributed by atoms with Gasteiger partial charge in [-0.1, -0.05) is 25.5 Å². The molecule has 3 saturated carbocycles. The van der Waals surface area contributed by atoms with Gasteiger partial charge in [0.25, 0.3) is 0 Å². The van der Waals surface area contributed by atoms with Crippen LogP contribution in [0, 0.1) is 34.5 Å². The molecule has 4 aliphatic carbocycles. The zero-order valence-corrected chi connectivity index (χ0v) is 21.1. The Labute approximate surface area is 198 Å². The summed E-state index contributed by atoms with van der Waals surface area (Å²) in [5, 5.41) is 5.79. The Bertz CT molecular complexity index is 844. The van der Waals surface area contributed by atoms with Crippen LogP contribution in [0.25, 0.3) is 0 Å². The first-order valence-electron chi connectivity index (χ1n) is 12.9. The molecule has 184 valence electrons. The highest BCUT2D eigenvalue weighted by Crippen LogP contribution is 2.66. The molecule has 4 aliphatic rings. The van der Waals surface area contributed by atoms with Gasteiger partial charge in [0.1, 0.15) is 11.4 Å². The Hall–Kier alpha value is -1.85. The molecule has 0 aliphatic heterocycles. The minimum Gasteiger partial charge on any atom is -0.444 e. The third-order valence-electron chi connectivity index (χ3n) is 9.35. The molecule has 2 N–H and O–H groups in total. The highest BCUT2D eigenvalue weighted by Gasteiger charge is 2.59. The summed E-state index contributed by atoms with van der Waals surface area (Å²) in [5.74, 6) is 2.40. The van der Waals surface area contributed by atoms with Gasteiger partial charge in [-0.25, -0.2) is 4.79 Å². The second-order valence-corrected chi connectivity index (χ2v) is 12.4. The summed E-state index contributed by atoms with van der Waals surface area (Å²) in [6, 6.07) is 0. The molecule has 4 rings (SSSR count). The van der Waals surface area contributed by atoms with Crippen LogP contribution in [-0.4, -0.2) is 36.5 Å². The molecule has 3 fully saturated rings. The van der Waals surface area contributed by atoms with E-state index in [1.165, 1.54) is 5.57 Å². The second-order valence-electron chi connectivity index (χ2n) is 12.4. The lowest BCUT2D eigenvalue weighted by molar-refractivity contribution is -0.132. The largest absolute Gasteiger partial charge is 0.444 e. The molecule has 0 bridgehead atoms. The summed E-state index contributed by atoms with van der Waals surface area (Å²) in [6.07, 6.45) is 9.68. The monoisotopic (exact) mass is 458 g/mol. The van der Waals surface area contributed by atoms with E-state index in [9.17, 15) is 14.4 Å². The number of carbonyl (C=O) groups is 3. The first-order chi connectivity index (χ1) is 15.4. The summed E-state index contributed by atoms with van der Waals surface area (Å²) in [4.78, 5) is 37.0. The predicted molar refractivity (Wildman–Crippen MR) is 127 cm³/mol. The quantitative estimate of drug-likeness (QED) is 0.469. The predicted octanol–water partition coefficient (Wildman–Crippen LogP) is 4.78. The number of hydrogen-bond acceptors (Lipinski definition) is 4. The van der Waals surface area contributed by atoms with E-state index >= 15 is 0 Å². The summed E-state index contributed by atoms with van der Waals surface area (Å²) in [6.45, 7) is 11.0. The van der Waals surface area contributed by atoms with Gasteiger partial charge in [0.2, 0.25) is 5.91 Å². The summed E-state index contributed by atoms with van der Waals surface area (Å²) < 4.78 is 5.25. The molecule has 0 radical (unpaired) electrons. The van der Waals surface area contributed by atoms with Gasteiger partial charge in [-0.05, 0) is 87.9 Å². The minimum absolute atomic E-state index is 0.0377. The molecule has 0 aromatic rings. The highest BCUT2D eigenvalue weighted by molar-refractivity contribution is 5.83. The van der Waals surface area contributed by atoms with Crippen LogP contribution in [0.2, 0.25) is 0 Å². The summed E-state index contributed by atoms with van der Waals surface area (Å²) in [5.41, 5.74) is 1.08. The third-order valence-corrected chi connectivity index (χ3v) is 9.35. The summed E-state index contributed by atoms with van der Waals surface area (Å²) in [7, 11) is 0. The normalized spacial score (nSPS) is 37.8. The molecule has 6 heteroatoms. The Morgan fingerprint density at radius 3 is 2.52 bits per heavy atom. The SMILES string of the molecule is CC(C)(C)OC(=O)NCCNC(=O)C1CCC2C3CC=C4CC(=O)CCC4(C)C3CCC12C. The molecular weight excluding hydrogens is 416 g/mol. The molecule has 0 aromatic heterocycles. The first kappa shape index (κ1) is 24.3. The zero-order chi connectivity index (χ0) is 24.0. The van der Waals surface area contributed by atoms with Gasteiger partial charge in [-0.3, -0.25) is 9.59 Å². The zero-order valence-electron chi connectivity index (χ0n) is 21.1. The van der Waals surface area contributed by atoms with Crippen molar-refractivity contribution in [2.45, 2.75) is 91.6 Å². The number of ketones is 1. The van der Waals surface area contributed by atoms with Gasteiger partial charge in [0.15, 0.2) is 0 Å².